The minimum absolute atomic E-state index is 0.761. The Bertz CT molecular complexity index is 3390. The molecule has 66 heavy (non-hydrogen) atoms. The van der Waals surface area contributed by atoms with Crippen LogP contribution in [0.3, 0.4) is 0 Å². The van der Waals surface area contributed by atoms with E-state index in [0.29, 0.717) is 0 Å². The molecule has 8 aromatic carbocycles. The van der Waals surface area contributed by atoms with E-state index in [1.54, 1.807) is 0 Å². The second kappa shape index (κ2) is 14.7. The molecule has 12 aromatic rings. The van der Waals surface area contributed by atoms with Crippen LogP contribution in [-0.4, -0.2) is 0 Å². The van der Waals surface area contributed by atoms with Crippen molar-refractivity contribution >= 4 is 89.2 Å². The summed E-state index contributed by atoms with van der Waals surface area (Å²) in [5.41, 5.74) is 15.6. The van der Waals surface area contributed by atoms with Crippen LogP contribution in [0.5, 0.6) is 0 Å². The summed E-state index contributed by atoms with van der Waals surface area (Å²) in [6.07, 6.45) is 6.29. The van der Waals surface area contributed by atoms with Crippen molar-refractivity contribution < 1.29 is 17.7 Å². The van der Waals surface area contributed by atoms with Crippen molar-refractivity contribution in [2.75, 3.05) is 9.80 Å². The van der Waals surface area contributed by atoms with Crippen LogP contribution in [0.1, 0.15) is 35.1 Å². The summed E-state index contributed by atoms with van der Waals surface area (Å²) in [6.45, 7) is 0. The number of fused-ring (bicyclic) bond motifs is 4. The van der Waals surface area contributed by atoms with Crippen molar-refractivity contribution in [2.24, 2.45) is 0 Å². The lowest BCUT2D eigenvalue weighted by Gasteiger charge is -2.28. The van der Waals surface area contributed by atoms with E-state index < -0.39 is 0 Å². The number of hydrogen-bond donors (Lipinski definition) is 0. The van der Waals surface area contributed by atoms with Crippen LogP contribution in [-0.2, 0) is 25.7 Å². The SMILES string of the molecule is c1ccc(N(c2ccccc2)c2cc3cc4oc(-c5cc6c7c(c(-c8cc9cc%10oc(N(c%11ccccc%11)c%11ccccc%11)cc%10cc9o8)cc8c7c5CCC8)CCC6)cc4cc3o2)cc1. The number of aryl methyl sites for hydroxylation is 4. The topological polar surface area (TPSA) is 59.0 Å². The zero-order chi connectivity index (χ0) is 43.3. The predicted molar refractivity (Wildman–Crippen MR) is 267 cm³/mol. The van der Waals surface area contributed by atoms with Gasteiger partial charge in [-0.3, -0.25) is 9.80 Å². The molecule has 14 rings (SSSR count). The average Bonchev–Trinajstić information content (AvgIpc) is 4.17. The fraction of sp³-hybridized carbons (Fsp3) is 0.100. The number of nitrogens with zero attached hydrogens (tertiary/aromatic N) is 2. The number of rotatable bonds is 8. The smallest absolute Gasteiger partial charge is 0.205 e. The van der Waals surface area contributed by atoms with Gasteiger partial charge in [-0.05, 0) is 169 Å². The maximum Gasteiger partial charge on any atom is 0.205 e. The van der Waals surface area contributed by atoms with Crippen molar-refractivity contribution in [1.82, 2.24) is 0 Å². The first-order chi connectivity index (χ1) is 32.7. The first-order valence-electron chi connectivity index (χ1n) is 23.1. The summed E-state index contributed by atoms with van der Waals surface area (Å²) in [5, 5.41) is 6.94. The maximum atomic E-state index is 6.84. The van der Waals surface area contributed by atoms with Gasteiger partial charge in [-0.15, -0.1) is 0 Å². The fourth-order valence-corrected chi connectivity index (χ4v) is 10.9. The Kier molecular flexibility index (Phi) is 8.26. The van der Waals surface area contributed by atoms with Crippen LogP contribution in [0.4, 0.5) is 34.5 Å². The van der Waals surface area contributed by atoms with Gasteiger partial charge in [0.15, 0.2) is 0 Å². The van der Waals surface area contributed by atoms with E-state index in [0.717, 1.165) is 128 Å². The monoisotopic (exact) mass is 854 g/mol. The molecule has 0 bridgehead atoms. The molecule has 6 heteroatoms. The molecule has 0 aliphatic heterocycles. The van der Waals surface area contributed by atoms with Gasteiger partial charge in [0, 0.05) is 67.6 Å². The van der Waals surface area contributed by atoms with Gasteiger partial charge >= 0.3 is 0 Å². The molecular formula is C60H42N2O4. The Morgan fingerprint density at radius 3 is 1.02 bits per heavy atom. The fourth-order valence-electron chi connectivity index (χ4n) is 10.9. The summed E-state index contributed by atoms with van der Waals surface area (Å²) < 4.78 is 27.0. The zero-order valence-corrected chi connectivity index (χ0v) is 36.1. The Balaban J connectivity index is 0.837. The highest BCUT2D eigenvalue weighted by atomic mass is 16.4. The Labute approximate surface area is 380 Å². The van der Waals surface area contributed by atoms with E-state index in [4.69, 9.17) is 17.7 Å². The van der Waals surface area contributed by atoms with E-state index >= 15 is 0 Å². The highest BCUT2D eigenvalue weighted by molar-refractivity contribution is 6.05. The molecule has 6 nitrogen and oxygen atoms in total. The standard InChI is InChI=1S/C60H42N2O4/c1-5-17-43(18-6-1)61(44-19-7-2-8-20-44)57-35-41-31-51-39(29-53(41)65-57)33-55(63-51)49-27-37-15-14-26-48-50(28-38-16-13-25-47(49)59(38)60(37)48)56-34-40-30-54-42(32-52(40)64-56)36-58(66-54)62(45-21-9-3-10-22-45)46-23-11-4-12-24-46/h1-12,17-24,27-36H,13-16,25-26H2. The van der Waals surface area contributed by atoms with Crippen LogP contribution in [0.2, 0.25) is 0 Å². The highest BCUT2D eigenvalue weighted by Gasteiger charge is 2.29. The van der Waals surface area contributed by atoms with Crippen LogP contribution >= 0.6 is 0 Å². The summed E-state index contributed by atoms with van der Waals surface area (Å²) >= 11 is 0. The summed E-state index contributed by atoms with van der Waals surface area (Å²) in [7, 11) is 0. The Morgan fingerprint density at radius 1 is 0.318 bits per heavy atom. The first kappa shape index (κ1) is 37.2. The molecular weight excluding hydrogens is 813 g/mol. The normalized spacial score (nSPS) is 13.4. The van der Waals surface area contributed by atoms with Crippen molar-refractivity contribution in [3.63, 3.8) is 0 Å². The van der Waals surface area contributed by atoms with Crippen LogP contribution in [0.15, 0.2) is 200 Å². The minimum Gasteiger partial charge on any atom is -0.456 e. The molecule has 0 saturated carbocycles. The number of hydrogen-bond acceptors (Lipinski definition) is 6. The van der Waals surface area contributed by atoms with Gasteiger partial charge in [0.05, 0.1) is 0 Å². The maximum absolute atomic E-state index is 6.84. The van der Waals surface area contributed by atoms with Gasteiger partial charge in [-0.1, -0.05) is 72.8 Å². The third-order valence-corrected chi connectivity index (χ3v) is 13.8. The molecule has 0 spiro atoms. The second-order valence-electron chi connectivity index (χ2n) is 17.8. The second-order valence-corrected chi connectivity index (χ2v) is 17.8. The molecule has 0 fully saturated rings. The molecule has 0 saturated heterocycles. The van der Waals surface area contributed by atoms with Crippen molar-refractivity contribution in [1.29, 1.82) is 0 Å². The molecule has 4 heterocycles. The largest absolute Gasteiger partial charge is 0.456 e. The van der Waals surface area contributed by atoms with Crippen LogP contribution in [0.25, 0.3) is 77.3 Å². The van der Waals surface area contributed by atoms with Crippen molar-refractivity contribution in [2.45, 2.75) is 38.5 Å². The first-order valence-corrected chi connectivity index (χ1v) is 23.1. The number of anilines is 6. The highest BCUT2D eigenvalue weighted by Crippen LogP contribution is 2.48. The van der Waals surface area contributed by atoms with Gasteiger partial charge in [0.2, 0.25) is 11.8 Å². The molecule has 0 atom stereocenters. The lowest BCUT2D eigenvalue weighted by Crippen LogP contribution is -2.11. The van der Waals surface area contributed by atoms with Gasteiger partial charge < -0.3 is 17.7 Å². The predicted octanol–water partition coefficient (Wildman–Crippen LogP) is 17.1. The summed E-state index contributed by atoms with van der Waals surface area (Å²) in [4.78, 5) is 4.31. The molecule has 0 radical (unpaired) electrons. The Morgan fingerprint density at radius 2 is 0.652 bits per heavy atom. The summed E-state index contributed by atoms with van der Waals surface area (Å²) in [5.74, 6) is 3.37. The quantitative estimate of drug-likeness (QED) is 0.152. The van der Waals surface area contributed by atoms with Crippen LogP contribution in [0, 0.1) is 0 Å². The molecule has 0 unspecified atom stereocenters. The molecule has 0 N–H and O–H groups in total. The van der Waals surface area contributed by atoms with E-state index in [1.807, 2.05) is 24.3 Å². The number of furan rings is 4. The average molecular weight is 855 g/mol. The van der Waals surface area contributed by atoms with Crippen LogP contribution < -0.4 is 9.80 Å². The Hall–Kier alpha value is -8.22. The third-order valence-electron chi connectivity index (χ3n) is 13.8. The van der Waals surface area contributed by atoms with E-state index in [-0.39, 0.29) is 0 Å². The number of benzene rings is 8. The van der Waals surface area contributed by atoms with Gasteiger partial charge in [0.1, 0.15) is 33.9 Å². The van der Waals surface area contributed by atoms with Crippen molar-refractivity contribution in [3.05, 3.63) is 204 Å². The lowest BCUT2D eigenvalue weighted by molar-refractivity contribution is 0.619. The third kappa shape index (κ3) is 5.95. The zero-order valence-electron chi connectivity index (χ0n) is 36.1. The lowest BCUT2D eigenvalue weighted by atomic mass is 9.76. The molecule has 0 amide bonds. The van der Waals surface area contributed by atoms with Gasteiger partial charge in [-0.2, -0.15) is 0 Å². The molecule has 2 aliphatic rings. The number of para-hydroxylation sites is 4. The van der Waals surface area contributed by atoms with E-state index in [1.165, 1.54) is 44.2 Å². The van der Waals surface area contributed by atoms with E-state index in [9.17, 15) is 0 Å². The van der Waals surface area contributed by atoms with E-state index in [2.05, 4.69) is 168 Å². The van der Waals surface area contributed by atoms with Crippen molar-refractivity contribution in [3.8, 4) is 22.6 Å². The summed E-state index contributed by atoms with van der Waals surface area (Å²) in [6, 6.07) is 63.5. The van der Waals surface area contributed by atoms with Gasteiger partial charge in [0.25, 0.3) is 0 Å². The molecule has 4 aromatic heterocycles. The van der Waals surface area contributed by atoms with Gasteiger partial charge in [-0.25, -0.2) is 0 Å². The minimum atomic E-state index is 0.761. The molecule has 2 aliphatic carbocycles. The molecule has 316 valence electrons.